The van der Waals surface area contributed by atoms with E-state index < -0.39 is 0 Å². The van der Waals surface area contributed by atoms with Crippen LogP contribution in [-0.4, -0.2) is 24.4 Å². The molecule has 0 aliphatic carbocycles. The first-order chi connectivity index (χ1) is 9.29. The molecule has 3 heteroatoms. The standard InChI is InChI=1S/C16H16N2O/c1-11-15-12(6-8-17-11)7-9-18-16(15)13-4-3-5-14(10-13)19-2/h3-5,7,9-10H,6,8H2,1-2H3. The molecule has 0 radical (unpaired) electrons. The quantitative estimate of drug-likeness (QED) is 0.823. The van der Waals surface area contributed by atoms with Crippen LogP contribution in [0, 0.1) is 0 Å². The van der Waals surface area contributed by atoms with Crippen molar-refractivity contribution in [2.24, 2.45) is 4.99 Å². The minimum absolute atomic E-state index is 0.849. The molecule has 2 heterocycles. The summed E-state index contributed by atoms with van der Waals surface area (Å²) in [4.78, 5) is 9.10. The lowest BCUT2D eigenvalue weighted by molar-refractivity contribution is 0.415. The van der Waals surface area contributed by atoms with Crippen molar-refractivity contribution in [2.45, 2.75) is 13.3 Å². The molecular weight excluding hydrogens is 236 g/mol. The number of hydrogen-bond acceptors (Lipinski definition) is 3. The summed E-state index contributed by atoms with van der Waals surface area (Å²) in [6, 6.07) is 10.1. The maximum Gasteiger partial charge on any atom is 0.119 e. The average Bonchev–Trinajstić information content (AvgIpc) is 2.47. The van der Waals surface area contributed by atoms with Gasteiger partial charge in [0.05, 0.1) is 12.8 Å². The van der Waals surface area contributed by atoms with Crippen molar-refractivity contribution in [3.63, 3.8) is 0 Å². The van der Waals surface area contributed by atoms with E-state index in [-0.39, 0.29) is 0 Å². The molecule has 1 aliphatic rings. The number of hydrogen-bond donors (Lipinski definition) is 0. The van der Waals surface area contributed by atoms with Gasteiger partial charge in [0.1, 0.15) is 5.75 Å². The van der Waals surface area contributed by atoms with Crippen molar-refractivity contribution >= 4 is 5.71 Å². The first kappa shape index (κ1) is 11.9. The van der Waals surface area contributed by atoms with Crippen molar-refractivity contribution in [2.75, 3.05) is 13.7 Å². The molecule has 0 spiro atoms. The SMILES string of the molecule is COc1cccc(-c2nccc3c2C(C)=NCC3)c1. The van der Waals surface area contributed by atoms with Gasteiger partial charge in [-0.15, -0.1) is 0 Å². The normalized spacial score (nSPS) is 13.7. The zero-order valence-corrected chi connectivity index (χ0v) is 11.2. The summed E-state index contributed by atoms with van der Waals surface area (Å²) < 4.78 is 5.29. The van der Waals surface area contributed by atoms with Gasteiger partial charge in [-0.3, -0.25) is 9.98 Å². The van der Waals surface area contributed by atoms with Crippen LogP contribution in [-0.2, 0) is 6.42 Å². The first-order valence-electron chi connectivity index (χ1n) is 6.43. The molecule has 0 N–H and O–H groups in total. The van der Waals surface area contributed by atoms with Crippen LogP contribution in [0.1, 0.15) is 18.1 Å². The molecule has 1 aliphatic heterocycles. The van der Waals surface area contributed by atoms with Crippen molar-refractivity contribution in [1.29, 1.82) is 0 Å². The third kappa shape index (κ3) is 2.12. The Hall–Kier alpha value is -2.16. The lowest BCUT2D eigenvalue weighted by Gasteiger charge is -2.17. The van der Waals surface area contributed by atoms with Crippen LogP contribution in [0.5, 0.6) is 5.75 Å². The van der Waals surface area contributed by atoms with Gasteiger partial charge < -0.3 is 4.74 Å². The Morgan fingerprint density at radius 2 is 2.11 bits per heavy atom. The molecule has 0 saturated heterocycles. The van der Waals surface area contributed by atoms with E-state index in [1.54, 1.807) is 7.11 Å². The highest BCUT2D eigenvalue weighted by Crippen LogP contribution is 2.29. The van der Waals surface area contributed by atoms with Crippen molar-refractivity contribution in [1.82, 2.24) is 4.98 Å². The number of nitrogens with zero attached hydrogens (tertiary/aromatic N) is 2. The van der Waals surface area contributed by atoms with E-state index in [9.17, 15) is 0 Å². The molecule has 1 aromatic carbocycles. The largest absolute Gasteiger partial charge is 0.497 e. The van der Waals surface area contributed by atoms with Crippen molar-refractivity contribution in [3.05, 3.63) is 47.7 Å². The fourth-order valence-corrected chi connectivity index (χ4v) is 2.53. The van der Waals surface area contributed by atoms with Crippen LogP contribution in [0.3, 0.4) is 0 Å². The van der Waals surface area contributed by atoms with E-state index in [4.69, 9.17) is 4.74 Å². The zero-order chi connectivity index (χ0) is 13.2. The Bertz CT molecular complexity index is 647. The summed E-state index contributed by atoms with van der Waals surface area (Å²) in [6.07, 6.45) is 2.87. The van der Waals surface area contributed by atoms with Gasteiger partial charge in [-0.25, -0.2) is 0 Å². The summed E-state index contributed by atoms with van der Waals surface area (Å²) in [5.41, 5.74) is 5.67. The summed E-state index contributed by atoms with van der Waals surface area (Å²) in [5.74, 6) is 0.849. The Morgan fingerprint density at radius 3 is 2.95 bits per heavy atom. The molecule has 3 nitrogen and oxygen atoms in total. The fraction of sp³-hybridized carbons (Fsp3) is 0.250. The molecule has 0 saturated carbocycles. The van der Waals surface area contributed by atoms with E-state index >= 15 is 0 Å². The second-order valence-corrected chi connectivity index (χ2v) is 4.64. The summed E-state index contributed by atoms with van der Waals surface area (Å²) >= 11 is 0. The van der Waals surface area contributed by atoms with Crippen LogP contribution >= 0.6 is 0 Å². The highest BCUT2D eigenvalue weighted by molar-refractivity contribution is 6.05. The smallest absolute Gasteiger partial charge is 0.119 e. The highest BCUT2D eigenvalue weighted by Gasteiger charge is 2.17. The maximum absolute atomic E-state index is 5.29. The van der Waals surface area contributed by atoms with E-state index in [0.29, 0.717) is 0 Å². The van der Waals surface area contributed by atoms with Crippen molar-refractivity contribution in [3.8, 4) is 17.0 Å². The number of benzene rings is 1. The van der Waals surface area contributed by atoms with E-state index in [1.165, 1.54) is 11.1 Å². The van der Waals surface area contributed by atoms with Gasteiger partial charge in [0.2, 0.25) is 0 Å². The molecule has 0 fully saturated rings. The van der Waals surface area contributed by atoms with Gasteiger partial charge in [-0.05, 0) is 37.1 Å². The van der Waals surface area contributed by atoms with Crippen LogP contribution in [0.25, 0.3) is 11.3 Å². The number of ether oxygens (including phenoxy) is 1. The number of methoxy groups -OCH3 is 1. The predicted molar refractivity (Wildman–Crippen MR) is 77.0 cm³/mol. The molecule has 0 bridgehead atoms. The van der Waals surface area contributed by atoms with Crippen molar-refractivity contribution < 1.29 is 4.74 Å². The molecule has 3 rings (SSSR count). The second kappa shape index (κ2) is 4.84. The highest BCUT2D eigenvalue weighted by atomic mass is 16.5. The minimum Gasteiger partial charge on any atom is -0.497 e. The Labute approximate surface area is 113 Å². The minimum atomic E-state index is 0.849. The lowest BCUT2D eigenvalue weighted by atomic mass is 9.94. The van der Waals surface area contributed by atoms with E-state index in [2.05, 4.69) is 29.0 Å². The van der Waals surface area contributed by atoms with Gasteiger partial charge in [0, 0.05) is 29.6 Å². The number of fused-ring (bicyclic) bond motifs is 1. The molecule has 0 amide bonds. The zero-order valence-electron chi connectivity index (χ0n) is 11.2. The lowest BCUT2D eigenvalue weighted by Crippen LogP contribution is -2.12. The van der Waals surface area contributed by atoms with Gasteiger partial charge >= 0.3 is 0 Å². The summed E-state index contributed by atoms with van der Waals surface area (Å²) in [5, 5.41) is 0. The monoisotopic (exact) mass is 252 g/mol. The van der Waals surface area contributed by atoms with Gasteiger partial charge in [0.25, 0.3) is 0 Å². The van der Waals surface area contributed by atoms with Crippen LogP contribution in [0.4, 0.5) is 0 Å². The Balaban J connectivity index is 2.18. The van der Waals surface area contributed by atoms with Gasteiger partial charge in [-0.2, -0.15) is 0 Å². The second-order valence-electron chi connectivity index (χ2n) is 4.64. The molecule has 2 aromatic rings. The van der Waals surface area contributed by atoms with Crippen LogP contribution < -0.4 is 4.74 Å². The Morgan fingerprint density at radius 1 is 1.21 bits per heavy atom. The van der Waals surface area contributed by atoms with E-state index in [0.717, 1.165) is 35.7 Å². The number of aromatic nitrogens is 1. The Kier molecular flexibility index (Phi) is 3.03. The van der Waals surface area contributed by atoms with Crippen LogP contribution in [0.2, 0.25) is 0 Å². The fourth-order valence-electron chi connectivity index (χ4n) is 2.53. The predicted octanol–water partition coefficient (Wildman–Crippen LogP) is 3.12. The van der Waals surface area contributed by atoms with E-state index in [1.807, 2.05) is 24.4 Å². The maximum atomic E-state index is 5.29. The van der Waals surface area contributed by atoms with Gasteiger partial charge in [-0.1, -0.05) is 12.1 Å². The summed E-state index contributed by atoms with van der Waals surface area (Å²) in [7, 11) is 1.68. The average molecular weight is 252 g/mol. The first-order valence-corrected chi connectivity index (χ1v) is 6.43. The molecule has 19 heavy (non-hydrogen) atoms. The van der Waals surface area contributed by atoms with Gasteiger partial charge in [0.15, 0.2) is 0 Å². The number of pyridine rings is 1. The third-order valence-electron chi connectivity index (χ3n) is 3.47. The molecule has 0 atom stereocenters. The van der Waals surface area contributed by atoms with Crippen LogP contribution in [0.15, 0.2) is 41.5 Å². The topological polar surface area (TPSA) is 34.5 Å². The molecule has 96 valence electrons. The third-order valence-corrected chi connectivity index (χ3v) is 3.47. The molecular formula is C16H16N2O. The number of aliphatic imine (C=N–C) groups is 1. The number of rotatable bonds is 2. The molecule has 1 aromatic heterocycles. The summed E-state index contributed by atoms with van der Waals surface area (Å²) in [6.45, 7) is 2.93. The molecule has 0 unspecified atom stereocenters.